The lowest BCUT2D eigenvalue weighted by molar-refractivity contribution is -0.125. The van der Waals surface area contributed by atoms with Crippen molar-refractivity contribution in [3.63, 3.8) is 0 Å². The van der Waals surface area contributed by atoms with Crippen molar-refractivity contribution >= 4 is 17.5 Å². The topological polar surface area (TPSA) is 71.2 Å². The van der Waals surface area contributed by atoms with Gasteiger partial charge in [-0.25, -0.2) is 13.8 Å². The van der Waals surface area contributed by atoms with Gasteiger partial charge in [-0.05, 0) is 12.8 Å². The molecule has 0 aromatic carbocycles. The summed E-state index contributed by atoms with van der Waals surface area (Å²) in [5, 5.41) is 2.60. The van der Waals surface area contributed by atoms with Gasteiger partial charge >= 0.3 is 0 Å². The number of carbonyl (C=O) groups excluding carboxylic acids is 1. The predicted molar refractivity (Wildman–Crippen MR) is 67.6 cm³/mol. The van der Waals surface area contributed by atoms with Crippen LogP contribution in [0.5, 0.6) is 0 Å². The standard InChI is InChI=1S/C12H16F2N4O/c1-16-12(19)7-2-4-18(5-3-7)11-9(14)6-8(13)10(15)17-11/h6-7H,2-5H2,1H3,(H2,15,17)(H,16,19). The van der Waals surface area contributed by atoms with E-state index >= 15 is 0 Å². The third-order valence-corrected chi connectivity index (χ3v) is 3.35. The number of anilines is 2. The number of aromatic nitrogens is 1. The Morgan fingerprint density at radius 2 is 2.05 bits per heavy atom. The average Bonchev–Trinajstić information content (AvgIpc) is 2.42. The molecule has 0 bridgehead atoms. The van der Waals surface area contributed by atoms with E-state index in [2.05, 4.69) is 10.3 Å². The van der Waals surface area contributed by atoms with Crippen molar-refractivity contribution in [3.05, 3.63) is 17.7 Å². The number of hydrogen-bond donors (Lipinski definition) is 2. The number of hydrogen-bond acceptors (Lipinski definition) is 4. The largest absolute Gasteiger partial charge is 0.381 e. The molecule has 0 radical (unpaired) electrons. The van der Waals surface area contributed by atoms with Gasteiger partial charge in [0.25, 0.3) is 0 Å². The third kappa shape index (κ3) is 2.74. The van der Waals surface area contributed by atoms with Gasteiger partial charge in [0.15, 0.2) is 23.3 Å². The van der Waals surface area contributed by atoms with E-state index in [4.69, 9.17) is 5.73 Å². The highest BCUT2D eigenvalue weighted by Gasteiger charge is 2.26. The molecule has 5 nitrogen and oxygen atoms in total. The monoisotopic (exact) mass is 270 g/mol. The van der Waals surface area contributed by atoms with Crippen LogP contribution in [0.25, 0.3) is 0 Å². The summed E-state index contributed by atoms with van der Waals surface area (Å²) < 4.78 is 26.7. The minimum Gasteiger partial charge on any atom is -0.381 e. The number of nitrogens with two attached hydrogens (primary N) is 1. The summed E-state index contributed by atoms with van der Waals surface area (Å²) in [4.78, 5) is 16.9. The van der Waals surface area contributed by atoms with E-state index in [9.17, 15) is 13.6 Å². The molecule has 1 aliphatic rings. The van der Waals surface area contributed by atoms with Gasteiger partial charge in [-0.3, -0.25) is 4.79 Å². The number of nitrogens with zero attached hydrogens (tertiary/aromatic N) is 2. The summed E-state index contributed by atoms with van der Waals surface area (Å²) in [5.74, 6) is -1.93. The van der Waals surface area contributed by atoms with E-state index in [0.29, 0.717) is 25.9 Å². The van der Waals surface area contributed by atoms with E-state index < -0.39 is 11.6 Å². The number of nitrogen functional groups attached to an aromatic ring is 1. The molecule has 1 amide bonds. The molecular weight excluding hydrogens is 254 g/mol. The van der Waals surface area contributed by atoms with Crippen molar-refractivity contribution in [1.82, 2.24) is 10.3 Å². The summed E-state index contributed by atoms with van der Waals surface area (Å²) in [6, 6.07) is 0.739. The van der Waals surface area contributed by atoms with E-state index in [1.165, 1.54) is 0 Å². The van der Waals surface area contributed by atoms with Crippen molar-refractivity contribution < 1.29 is 13.6 Å². The molecule has 1 aromatic heterocycles. The van der Waals surface area contributed by atoms with Gasteiger partial charge in [0.1, 0.15) is 0 Å². The van der Waals surface area contributed by atoms with Crippen LogP contribution in [0.15, 0.2) is 6.07 Å². The highest BCUT2D eigenvalue weighted by Crippen LogP contribution is 2.26. The molecule has 104 valence electrons. The summed E-state index contributed by atoms with van der Waals surface area (Å²) in [7, 11) is 1.59. The van der Waals surface area contributed by atoms with Crippen LogP contribution in [0.1, 0.15) is 12.8 Å². The molecule has 2 rings (SSSR count). The van der Waals surface area contributed by atoms with Gasteiger partial charge in [0.05, 0.1) is 0 Å². The number of pyridine rings is 1. The van der Waals surface area contributed by atoms with Crippen LogP contribution in [0.2, 0.25) is 0 Å². The number of rotatable bonds is 2. The zero-order valence-corrected chi connectivity index (χ0v) is 10.6. The summed E-state index contributed by atoms with van der Waals surface area (Å²) in [5.41, 5.74) is 5.35. The highest BCUT2D eigenvalue weighted by atomic mass is 19.1. The number of carbonyl (C=O) groups is 1. The molecule has 0 spiro atoms. The van der Waals surface area contributed by atoms with Crippen LogP contribution < -0.4 is 16.0 Å². The maximum absolute atomic E-state index is 13.7. The molecule has 1 aromatic rings. The molecule has 3 N–H and O–H groups in total. The van der Waals surface area contributed by atoms with Crippen molar-refractivity contribution in [2.45, 2.75) is 12.8 Å². The van der Waals surface area contributed by atoms with Gasteiger partial charge in [0.2, 0.25) is 5.91 Å². The Labute approximate surface area is 109 Å². The first-order valence-corrected chi connectivity index (χ1v) is 6.11. The number of halogens is 2. The lowest BCUT2D eigenvalue weighted by atomic mass is 9.96. The summed E-state index contributed by atoms with van der Waals surface area (Å²) in [6.45, 7) is 0.986. The number of nitrogens with one attached hydrogen (secondary N) is 1. The van der Waals surface area contributed by atoms with Gasteiger partial charge in [-0.15, -0.1) is 0 Å². The predicted octanol–water partition coefficient (Wildman–Crippen LogP) is 0.904. The van der Waals surface area contributed by atoms with Crippen LogP contribution in [0, 0.1) is 17.6 Å². The molecule has 0 saturated carbocycles. The second kappa shape index (κ2) is 5.38. The van der Waals surface area contributed by atoms with Crippen molar-refractivity contribution in [1.29, 1.82) is 0 Å². The Balaban J connectivity index is 2.10. The number of amides is 1. The van der Waals surface area contributed by atoms with E-state index in [1.807, 2.05) is 0 Å². The fourth-order valence-electron chi connectivity index (χ4n) is 2.25. The molecule has 1 saturated heterocycles. The van der Waals surface area contributed by atoms with Gasteiger partial charge < -0.3 is 16.0 Å². The van der Waals surface area contributed by atoms with Crippen LogP contribution in [0.3, 0.4) is 0 Å². The Morgan fingerprint density at radius 1 is 1.42 bits per heavy atom. The Kier molecular flexibility index (Phi) is 3.82. The summed E-state index contributed by atoms with van der Waals surface area (Å²) >= 11 is 0. The molecule has 0 atom stereocenters. The fraction of sp³-hybridized carbons (Fsp3) is 0.500. The first-order chi connectivity index (χ1) is 9.02. The maximum atomic E-state index is 13.7. The quantitative estimate of drug-likeness (QED) is 0.837. The molecule has 1 aliphatic heterocycles. The van der Waals surface area contributed by atoms with Crippen molar-refractivity contribution in [2.24, 2.45) is 5.92 Å². The number of piperidine rings is 1. The first kappa shape index (κ1) is 13.5. The zero-order chi connectivity index (χ0) is 14.0. The molecule has 1 fully saturated rings. The first-order valence-electron chi connectivity index (χ1n) is 6.11. The van der Waals surface area contributed by atoms with Crippen molar-refractivity contribution in [3.8, 4) is 0 Å². The Hall–Kier alpha value is -1.92. The minimum atomic E-state index is -0.860. The second-order valence-corrected chi connectivity index (χ2v) is 4.54. The lowest BCUT2D eigenvalue weighted by Gasteiger charge is -2.32. The van der Waals surface area contributed by atoms with Gasteiger partial charge in [-0.1, -0.05) is 0 Å². The lowest BCUT2D eigenvalue weighted by Crippen LogP contribution is -2.40. The molecule has 0 unspecified atom stereocenters. The Bertz CT molecular complexity index is 487. The maximum Gasteiger partial charge on any atom is 0.222 e. The van der Waals surface area contributed by atoms with Crippen LogP contribution in [-0.4, -0.2) is 31.0 Å². The SMILES string of the molecule is CNC(=O)C1CCN(c2nc(N)c(F)cc2F)CC1. The van der Waals surface area contributed by atoms with E-state index in [1.54, 1.807) is 11.9 Å². The van der Waals surface area contributed by atoms with E-state index in [0.717, 1.165) is 6.07 Å². The van der Waals surface area contributed by atoms with Crippen LogP contribution in [-0.2, 0) is 4.79 Å². The van der Waals surface area contributed by atoms with Crippen LogP contribution >= 0.6 is 0 Å². The third-order valence-electron chi connectivity index (χ3n) is 3.35. The van der Waals surface area contributed by atoms with Crippen LogP contribution in [0.4, 0.5) is 20.4 Å². The normalized spacial score (nSPS) is 16.5. The van der Waals surface area contributed by atoms with Crippen molar-refractivity contribution in [2.75, 3.05) is 30.8 Å². The van der Waals surface area contributed by atoms with E-state index in [-0.39, 0.29) is 23.5 Å². The Morgan fingerprint density at radius 3 is 2.63 bits per heavy atom. The molecule has 7 heteroatoms. The molecular formula is C12H16F2N4O. The zero-order valence-electron chi connectivity index (χ0n) is 10.6. The highest BCUT2D eigenvalue weighted by molar-refractivity contribution is 5.78. The molecule has 0 aliphatic carbocycles. The fourth-order valence-corrected chi connectivity index (χ4v) is 2.25. The summed E-state index contributed by atoms with van der Waals surface area (Å²) in [6.07, 6.45) is 1.22. The molecule has 19 heavy (non-hydrogen) atoms. The molecule has 2 heterocycles. The minimum absolute atomic E-state index is 0.00768. The van der Waals surface area contributed by atoms with Gasteiger partial charge in [0, 0.05) is 32.1 Å². The second-order valence-electron chi connectivity index (χ2n) is 4.54. The average molecular weight is 270 g/mol. The smallest absolute Gasteiger partial charge is 0.222 e. The van der Waals surface area contributed by atoms with Gasteiger partial charge in [-0.2, -0.15) is 0 Å².